The van der Waals surface area contributed by atoms with E-state index in [-0.39, 0.29) is 60.6 Å². The van der Waals surface area contributed by atoms with E-state index in [4.69, 9.17) is 20.2 Å². The van der Waals surface area contributed by atoms with Crippen LogP contribution in [0.5, 0.6) is 5.75 Å². The monoisotopic (exact) mass is 866 g/mol. The zero-order chi connectivity index (χ0) is 45.7. The first-order chi connectivity index (χ1) is 30.0. The highest BCUT2D eigenvalue weighted by Gasteiger charge is 2.41. The van der Waals surface area contributed by atoms with E-state index < -0.39 is 23.4 Å². The maximum atomic E-state index is 14.4. The standard InChI is InChI=1S/C49H67N7O7/c1-10-55-42-18-15-33(25-38(42)39(26-49(6,7)27-63-28-57)45(55)37-14-11-19-51-43(37)31(5)62-9)34-21-32(22-35(58)24-34)23-41(48(61)56-20-12-13-30(4)53-56)52-46(59)44(29(2)3)54(8)47(60)36-16-17-40(36)50/h11,14-15,18-19,21-22,24-25,28-31,36,40-41,44,53,58H,10,12-13,16-17,20,23,26-27,50H2,1-9H3,(H,52,59)/t30-,31+,36+,40+,41+,44?/m1/s1. The highest BCUT2D eigenvalue weighted by atomic mass is 16.5. The van der Waals surface area contributed by atoms with E-state index in [1.54, 1.807) is 37.5 Å². The van der Waals surface area contributed by atoms with Crippen molar-refractivity contribution in [1.82, 2.24) is 30.2 Å². The minimum absolute atomic E-state index is 0.0137. The van der Waals surface area contributed by atoms with Gasteiger partial charge in [0.2, 0.25) is 11.8 Å². The zero-order valence-corrected chi connectivity index (χ0v) is 38.4. The fourth-order valence-corrected chi connectivity index (χ4v) is 9.38. The highest BCUT2D eigenvalue weighted by Crippen LogP contribution is 2.42. The lowest BCUT2D eigenvalue weighted by Gasteiger charge is -2.39. The van der Waals surface area contributed by atoms with Crippen molar-refractivity contribution < 1.29 is 33.8 Å². The summed E-state index contributed by atoms with van der Waals surface area (Å²) in [5, 5.41) is 16.9. The van der Waals surface area contributed by atoms with Crippen LogP contribution in [0.4, 0.5) is 0 Å². The lowest BCUT2D eigenvalue weighted by atomic mass is 9.79. The molecule has 6 rings (SSSR count). The van der Waals surface area contributed by atoms with Gasteiger partial charge in [0, 0.05) is 73.8 Å². The third kappa shape index (κ3) is 10.4. The van der Waals surface area contributed by atoms with E-state index in [0.29, 0.717) is 38.0 Å². The van der Waals surface area contributed by atoms with Gasteiger partial charge in [0.15, 0.2) is 0 Å². The number of pyridine rings is 1. The number of phenolic OH excluding ortho intramolecular Hbond substituents is 1. The van der Waals surface area contributed by atoms with Gasteiger partial charge in [-0.25, -0.2) is 5.43 Å². The Hall–Kier alpha value is -5.31. The molecule has 6 atom stereocenters. The number of nitrogens with two attached hydrogens (primary N) is 1. The Morgan fingerprint density at radius 2 is 1.86 bits per heavy atom. The number of methoxy groups -OCH3 is 1. The number of fused-ring (bicyclic) bond motifs is 1. The number of nitrogens with one attached hydrogen (secondary N) is 2. The summed E-state index contributed by atoms with van der Waals surface area (Å²) in [7, 11) is 3.31. The molecule has 63 heavy (non-hydrogen) atoms. The van der Waals surface area contributed by atoms with Gasteiger partial charge in [0.1, 0.15) is 17.8 Å². The number of ether oxygens (including phenoxy) is 2. The molecule has 3 heterocycles. The summed E-state index contributed by atoms with van der Waals surface area (Å²) >= 11 is 0. The molecule has 0 radical (unpaired) electrons. The van der Waals surface area contributed by atoms with Crippen LogP contribution in [0.15, 0.2) is 54.7 Å². The number of phenols is 1. The molecule has 2 fully saturated rings. The molecule has 1 aliphatic heterocycles. The van der Waals surface area contributed by atoms with Gasteiger partial charge < -0.3 is 35.1 Å². The molecule has 2 aliphatic rings. The van der Waals surface area contributed by atoms with Gasteiger partial charge >= 0.3 is 0 Å². The molecule has 0 spiro atoms. The molecule has 14 heteroatoms. The first-order valence-corrected chi connectivity index (χ1v) is 22.4. The van der Waals surface area contributed by atoms with E-state index in [1.165, 1.54) is 4.90 Å². The summed E-state index contributed by atoms with van der Waals surface area (Å²) in [5.41, 5.74) is 16.1. The van der Waals surface area contributed by atoms with Gasteiger partial charge in [-0.3, -0.25) is 29.2 Å². The Labute approximate surface area is 371 Å². The number of amides is 3. The normalized spacial score (nSPS) is 19.3. The van der Waals surface area contributed by atoms with Crippen LogP contribution in [0.2, 0.25) is 0 Å². The molecule has 1 saturated carbocycles. The van der Waals surface area contributed by atoms with Crippen molar-refractivity contribution in [2.45, 2.75) is 124 Å². The van der Waals surface area contributed by atoms with Gasteiger partial charge in [0.05, 0.1) is 30.0 Å². The van der Waals surface area contributed by atoms with Gasteiger partial charge in [-0.2, -0.15) is 0 Å². The van der Waals surface area contributed by atoms with E-state index >= 15 is 0 Å². The smallest absolute Gasteiger partial charge is 0.293 e. The maximum absolute atomic E-state index is 14.4. The van der Waals surface area contributed by atoms with Crippen LogP contribution in [0, 0.1) is 17.3 Å². The van der Waals surface area contributed by atoms with Crippen molar-refractivity contribution in [3.05, 3.63) is 71.5 Å². The molecule has 3 amide bonds. The second kappa shape index (κ2) is 20.0. The molecule has 0 bridgehead atoms. The minimum atomic E-state index is -1.00. The number of rotatable bonds is 18. The summed E-state index contributed by atoms with van der Waals surface area (Å²) in [5.74, 6) is -1.45. The SMILES string of the molecule is CCn1c(-c2cccnc2[C@H](C)OC)c(CC(C)(C)COC=O)c2cc(-c3cc(O)cc(C[C@H](NC(=O)C(C(C)C)N(C)C(=O)[C@H]4CC[C@@H]4N)C(=O)N4CCC[C@@H](C)N4)c3)ccc21. The van der Waals surface area contributed by atoms with Crippen LogP contribution in [-0.4, -0.2) is 100 Å². The Morgan fingerprint density at radius 3 is 2.49 bits per heavy atom. The first-order valence-electron chi connectivity index (χ1n) is 22.4. The van der Waals surface area contributed by atoms with Crippen LogP contribution < -0.4 is 16.5 Å². The molecule has 1 aliphatic carbocycles. The summed E-state index contributed by atoms with van der Waals surface area (Å²) in [6.45, 7) is 15.9. The molecular formula is C49H67N7O7. The van der Waals surface area contributed by atoms with Gasteiger partial charge in [-0.05, 0) is 117 Å². The van der Waals surface area contributed by atoms with Gasteiger partial charge in [-0.1, -0.05) is 39.8 Å². The lowest BCUT2D eigenvalue weighted by Crippen LogP contribution is -2.61. The number of carbonyl (C=O) groups excluding carboxylic acids is 4. The van der Waals surface area contributed by atoms with Crippen LogP contribution in [0.3, 0.4) is 0 Å². The average molecular weight is 866 g/mol. The summed E-state index contributed by atoms with van der Waals surface area (Å²) < 4.78 is 13.4. The molecule has 4 aromatic rings. The van der Waals surface area contributed by atoms with E-state index in [9.17, 15) is 24.3 Å². The summed E-state index contributed by atoms with van der Waals surface area (Å²) in [6, 6.07) is 13.5. The van der Waals surface area contributed by atoms with E-state index in [2.05, 4.69) is 54.3 Å². The number of nitrogens with zero attached hydrogens (tertiary/aromatic N) is 4. The second-order valence-corrected chi connectivity index (χ2v) is 18.7. The number of hydrogen-bond donors (Lipinski definition) is 4. The number of aromatic nitrogens is 2. The van der Waals surface area contributed by atoms with E-state index in [0.717, 1.165) is 63.8 Å². The summed E-state index contributed by atoms with van der Waals surface area (Å²) in [4.78, 5) is 59.8. The predicted octanol–water partition coefficient (Wildman–Crippen LogP) is 6.31. The van der Waals surface area contributed by atoms with Gasteiger partial charge in [0.25, 0.3) is 12.4 Å². The molecule has 1 unspecified atom stereocenters. The third-order valence-electron chi connectivity index (χ3n) is 12.9. The maximum Gasteiger partial charge on any atom is 0.293 e. The molecule has 2 aromatic carbocycles. The van der Waals surface area contributed by atoms with Crippen molar-refractivity contribution in [1.29, 1.82) is 0 Å². The Morgan fingerprint density at radius 1 is 1.10 bits per heavy atom. The Balaban J connectivity index is 1.41. The van der Waals surface area contributed by atoms with Crippen molar-refractivity contribution >= 4 is 35.1 Å². The Kier molecular flexibility index (Phi) is 15.0. The largest absolute Gasteiger partial charge is 0.508 e. The topological polar surface area (TPSA) is 181 Å². The molecule has 1 saturated heterocycles. The summed E-state index contributed by atoms with van der Waals surface area (Å²) in [6.07, 6.45) is 5.34. The molecule has 340 valence electrons. The van der Waals surface area contributed by atoms with Crippen LogP contribution in [0.25, 0.3) is 33.3 Å². The third-order valence-corrected chi connectivity index (χ3v) is 12.9. The molecule has 5 N–H and O–H groups in total. The number of benzene rings is 2. The van der Waals surface area contributed by atoms with Crippen LogP contribution >= 0.6 is 0 Å². The Bertz CT molecular complexity index is 2290. The van der Waals surface area contributed by atoms with Crippen molar-refractivity contribution in [3.63, 3.8) is 0 Å². The molecular weight excluding hydrogens is 799 g/mol. The quantitative estimate of drug-likeness (QED) is 0.0829. The van der Waals surface area contributed by atoms with E-state index in [1.807, 2.05) is 45.9 Å². The van der Waals surface area contributed by atoms with Gasteiger partial charge in [-0.15, -0.1) is 0 Å². The van der Waals surface area contributed by atoms with Crippen molar-refractivity contribution in [2.24, 2.45) is 23.0 Å². The zero-order valence-electron chi connectivity index (χ0n) is 38.4. The highest BCUT2D eigenvalue weighted by molar-refractivity contribution is 5.96. The predicted molar refractivity (Wildman–Crippen MR) is 244 cm³/mol. The second-order valence-electron chi connectivity index (χ2n) is 18.7. The fourth-order valence-electron chi connectivity index (χ4n) is 9.38. The lowest BCUT2D eigenvalue weighted by molar-refractivity contribution is -0.148. The van der Waals surface area contributed by atoms with Crippen LogP contribution in [0.1, 0.15) is 97.1 Å². The number of likely N-dealkylation sites (N-methyl/N-ethyl adjacent to an activating group) is 1. The fraction of sp³-hybridized carbons (Fsp3) is 0.531. The average Bonchev–Trinajstić information content (AvgIpc) is 3.55. The minimum Gasteiger partial charge on any atom is -0.508 e. The van der Waals surface area contributed by atoms with Crippen molar-refractivity contribution in [2.75, 3.05) is 27.3 Å². The number of aromatic hydroxyl groups is 1. The first kappa shape index (κ1) is 47.2. The number of carbonyl (C=O) groups is 4. The van der Waals surface area contributed by atoms with Crippen molar-refractivity contribution in [3.8, 4) is 28.1 Å². The molecule has 2 aromatic heterocycles. The number of aryl methyl sites for hydroxylation is 1. The van der Waals surface area contributed by atoms with Crippen LogP contribution in [-0.2, 0) is 48.0 Å². The number of hydrazine groups is 1. The number of hydrogen-bond acceptors (Lipinski definition) is 10. The molecule has 14 nitrogen and oxygen atoms in total.